The third kappa shape index (κ3) is 9.59. The molecule has 8 heteroatoms. The van der Waals surface area contributed by atoms with E-state index in [-0.39, 0.29) is 6.10 Å². The molecule has 0 unspecified atom stereocenters. The average molecular weight is 352 g/mol. The second-order valence-electron chi connectivity index (χ2n) is 6.16. The van der Waals surface area contributed by atoms with E-state index in [1.807, 2.05) is 0 Å². The monoisotopic (exact) mass is 352 g/mol. The molecule has 0 aromatic heterocycles. The van der Waals surface area contributed by atoms with E-state index < -0.39 is 10.3 Å². The smallest absolute Gasteiger partial charge is 0.335 e. The number of nitrogens with zero attached hydrogens (tertiary/aromatic N) is 2. The zero-order valence-corrected chi connectivity index (χ0v) is 15.3. The highest BCUT2D eigenvalue weighted by molar-refractivity contribution is 7.83. The van der Waals surface area contributed by atoms with Gasteiger partial charge in [-0.3, -0.25) is 4.55 Å². The summed E-state index contributed by atoms with van der Waals surface area (Å²) in [6.07, 6.45) is 6.01. The van der Waals surface area contributed by atoms with Crippen LogP contribution < -0.4 is 0 Å². The predicted octanol–water partition coefficient (Wildman–Crippen LogP) is 1.41. The Hall–Kier alpha value is -0.250. The normalized spacial score (nSPS) is 17.9. The van der Waals surface area contributed by atoms with E-state index in [1.165, 1.54) is 12.8 Å². The molecule has 0 atom stereocenters. The summed E-state index contributed by atoms with van der Waals surface area (Å²) in [7, 11) is -0.197. The van der Waals surface area contributed by atoms with Gasteiger partial charge >= 0.3 is 10.3 Å². The van der Waals surface area contributed by atoms with Crippen molar-refractivity contribution >= 4 is 10.3 Å². The molecule has 1 N–H and O–H groups in total. The lowest BCUT2D eigenvalue weighted by Gasteiger charge is -2.29. The molecule has 0 bridgehead atoms. The number of hydrogen-bond acceptors (Lipinski definition) is 5. The van der Waals surface area contributed by atoms with Crippen molar-refractivity contribution in [3.05, 3.63) is 0 Å². The number of rotatable bonds is 12. The van der Waals surface area contributed by atoms with Crippen LogP contribution in [0.15, 0.2) is 0 Å². The molecule has 0 radical (unpaired) electrons. The Kier molecular flexibility index (Phi) is 10.2. The van der Waals surface area contributed by atoms with Gasteiger partial charge in [0.2, 0.25) is 0 Å². The number of likely N-dealkylation sites (N-methyl/N-ethyl adjacent to an activating group) is 1. The maximum Gasteiger partial charge on any atom is 0.335 e. The first-order valence-corrected chi connectivity index (χ1v) is 9.85. The van der Waals surface area contributed by atoms with E-state index in [2.05, 4.69) is 11.9 Å². The maximum absolute atomic E-state index is 11.0. The largest absolute Gasteiger partial charge is 0.383 e. The quantitative estimate of drug-likeness (QED) is 0.423. The van der Waals surface area contributed by atoms with Crippen molar-refractivity contribution in [3.8, 4) is 0 Å². The highest BCUT2D eigenvalue weighted by Gasteiger charge is 2.26. The van der Waals surface area contributed by atoms with Crippen molar-refractivity contribution in [2.75, 3.05) is 53.6 Å². The van der Waals surface area contributed by atoms with Crippen LogP contribution in [0, 0.1) is 0 Å². The van der Waals surface area contributed by atoms with Crippen molar-refractivity contribution in [2.24, 2.45) is 0 Å². The minimum Gasteiger partial charge on any atom is -0.383 e. The fourth-order valence-electron chi connectivity index (χ4n) is 2.68. The zero-order valence-electron chi connectivity index (χ0n) is 14.4. The topological polar surface area (TPSA) is 79.3 Å². The van der Waals surface area contributed by atoms with Crippen LogP contribution in [0.2, 0.25) is 0 Å². The summed E-state index contributed by atoms with van der Waals surface area (Å²) in [6.45, 7) is 4.27. The van der Waals surface area contributed by atoms with Gasteiger partial charge in [0, 0.05) is 33.4 Å². The van der Waals surface area contributed by atoms with E-state index in [9.17, 15) is 8.42 Å². The highest BCUT2D eigenvalue weighted by Crippen LogP contribution is 2.16. The third-order valence-corrected chi connectivity index (χ3v) is 5.21. The fraction of sp³-hybridized carbons (Fsp3) is 1.00. The molecule has 1 saturated heterocycles. The lowest BCUT2D eigenvalue weighted by molar-refractivity contribution is 0.0181. The fourth-order valence-corrected chi connectivity index (χ4v) is 3.35. The molecule has 138 valence electrons. The van der Waals surface area contributed by atoms with Crippen LogP contribution >= 0.6 is 0 Å². The molecule has 1 fully saturated rings. The van der Waals surface area contributed by atoms with E-state index in [4.69, 9.17) is 14.0 Å². The van der Waals surface area contributed by atoms with Gasteiger partial charge in [0.25, 0.3) is 0 Å². The first-order chi connectivity index (χ1) is 10.9. The molecule has 7 nitrogen and oxygen atoms in total. The molecule has 1 aliphatic rings. The number of piperidine rings is 1. The molecule has 1 heterocycles. The summed E-state index contributed by atoms with van der Waals surface area (Å²) in [4.78, 5) is 2.28. The Labute approximate surface area is 140 Å². The van der Waals surface area contributed by atoms with Gasteiger partial charge in [-0.2, -0.15) is 12.7 Å². The van der Waals surface area contributed by atoms with E-state index in [1.54, 1.807) is 7.11 Å². The number of methoxy groups -OCH3 is 1. The molecule has 0 aliphatic carbocycles. The maximum atomic E-state index is 11.0. The minimum absolute atomic E-state index is 0.119. The Balaban J connectivity index is 1.94. The van der Waals surface area contributed by atoms with Gasteiger partial charge in [-0.15, -0.1) is 0 Å². The third-order valence-electron chi connectivity index (χ3n) is 4.19. The van der Waals surface area contributed by atoms with Gasteiger partial charge in [-0.05, 0) is 39.3 Å². The number of hydrogen-bond donors (Lipinski definition) is 1. The predicted molar refractivity (Wildman–Crippen MR) is 89.9 cm³/mol. The molecule has 23 heavy (non-hydrogen) atoms. The molecule has 0 aromatic carbocycles. The van der Waals surface area contributed by atoms with Gasteiger partial charge < -0.3 is 14.4 Å². The lowest BCUT2D eigenvalue weighted by atomic mass is 10.1. The first-order valence-electron chi connectivity index (χ1n) is 8.45. The Morgan fingerprint density at radius 2 is 1.74 bits per heavy atom. The van der Waals surface area contributed by atoms with E-state index >= 15 is 0 Å². The highest BCUT2D eigenvalue weighted by atomic mass is 32.2. The Morgan fingerprint density at radius 1 is 1.09 bits per heavy atom. The van der Waals surface area contributed by atoms with Gasteiger partial charge in [-0.25, -0.2) is 0 Å². The van der Waals surface area contributed by atoms with Gasteiger partial charge in [0.05, 0.1) is 12.7 Å². The Bertz CT molecular complexity index is 397. The summed E-state index contributed by atoms with van der Waals surface area (Å²) in [5, 5.41) is 0. The molecule has 0 aromatic rings. The summed E-state index contributed by atoms with van der Waals surface area (Å²) >= 11 is 0. The van der Waals surface area contributed by atoms with Crippen LogP contribution in [0.5, 0.6) is 0 Å². The summed E-state index contributed by atoms with van der Waals surface area (Å²) < 4.78 is 42.9. The zero-order chi connectivity index (χ0) is 17.1. The minimum atomic E-state index is -4.03. The summed E-state index contributed by atoms with van der Waals surface area (Å²) in [5.74, 6) is 0. The van der Waals surface area contributed by atoms with Crippen molar-refractivity contribution < 1.29 is 22.4 Å². The average Bonchev–Trinajstić information content (AvgIpc) is 2.51. The van der Waals surface area contributed by atoms with Crippen LogP contribution in [0.3, 0.4) is 0 Å². The summed E-state index contributed by atoms with van der Waals surface area (Å²) in [6, 6.07) is 0. The van der Waals surface area contributed by atoms with Crippen molar-refractivity contribution in [1.82, 2.24) is 9.21 Å². The number of ether oxygens (including phenoxy) is 2. The van der Waals surface area contributed by atoms with Gasteiger partial charge in [0.1, 0.15) is 0 Å². The number of unbranched alkanes of at least 4 members (excludes halogenated alkanes) is 3. The molecule has 0 saturated carbocycles. The van der Waals surface area contributed by atoms with Crippen LogP contribution in [0.25, 0.3) is 0 Å². The first kappa shape index (κ1) is 20.8. The summed E-state index contributed by atoms with van der Waals surface area (Å²) in [5.41, 5.74) is 0. The molecule has 1 aliphatic heterocycles. The van der Waals surface area contributed by atoms with Crippen LogP contribution in [0.4, 0.5) is 0 Å². The second kappa shape index (κ2) is 11.3. The van der Waals surface area contributed by atoms with Gasteiger partial charge in [0.15, 0.2) is 0 Å². The van der Waals surface area contributed by atoms with Crippen molar-refractivity contribution in [2.45, 2.75) is 44.6 Å². The van der Waals surface area contributed by atoms with E-state index in [0.29, 0.717) is 25.9 Å². The van der Waals surface area contributed by atoms with Crippen molar-refractivity contribution in [1.29, 1.82) is 0 Å². The van der Waals surface area contributed by atoms with Gasteiger partial charge in [-0.1, -0.05) is 12.8 Å². The second-order valence-corrected chi connectivity index (χ2v) is 7.57. The van der Waals surface area contributed by atoms with Crippen molar-refractivity contribution in [3.63, 3.8) is 0 Å². The van der Waals surface area contributed by atoms with Crippen LogP contribution in [0.1, 0.15) is 38.5 Å². The van der Waals surface area contributed by atoms with Crippen LogP contribution in [-0.4, -0.2) is 81.8 Å². The lowest BCUT2D eigenvalue weighted by Crippen LogP contribution is -2.40. The molecule has 0 spiro atoms. The molecular formula is C15H32N2O5S. The standard InChI is InChI=1S/C15H32N2O5S/c1-16(12-14-21-2)9-5-3-4-6-13-22-15-7-10-17(11-8-15)23(18,19)20/h15H,3-14H2,1-2H3,(H,18,19,20). The SMILES string of the molecule is COCCN(C)CCCCCCOC1CCN(S(=O)(=O)O)CC1. The molecule has 1 rings (SSSR count). The van der Waals surface area contributed by atoms with E-state index in [0.717, 1.165) is 43.5 Å². The molecule has 0 amide bonds. The van der Waals surface area contributed by atoms with Crippen LogP contribution in [-0.2, 0) is 19.8 Å². The molecular weight excluding hydrogens is 320 g/mol. The Morgan fingerprint density at radius 3 is 2.35 bits per heavy atom.